The Morgan fingerprint density at radius 1 is 1.32 bits per heavy atom. The molecule has 2 heterocycles. The molecular formula is C16H26N4O2. The number of nitrogens with one attached hydrogen (secondary N) is 1. The third kappa shape index (κ3) is 4.86. The van der Waals surface area contributed by atoms with E-state index in [0.29, 0.717) is 6.54 Å². The van der Waals surface area contributed by atoms with Gasteiger partial charge in [0.2, 0.25) is 5.95 Å². The van der Waals surface area contributed by atoms with Crippen LogP contribution in [0.5, 0.6) is 0 Å². The Bertz CT molecular complexity index is 519. The number of hydrogen-bond acceptors (Lipinski definition) is 5. The van der Waals surface area contributed by atoms with Crippen LogP contribution in [0.4, 0.5) is 10.7 Å². The average molecular weight is 306 g/mol. The number of ether oxygens (including phenoxy) is 1. The van der Waals surface area contributed by atoms with Crippen LogP contribution in [0.25, 0.3) is 0 Å². The van der Waals surface area contributed by atoms with Crippen molar-refractivity contribution in [2.24, 2.45) is 0 Å². The predicted molar refractivity (Wildman–Crippen MR) is 86.1 cm³/mol. The summed E-state index contributed by atoms with van der Waals surface area (Å²) < 4.78 is 5.32. The molecule has 1 unspecified atom stereocenters. The van der Waals surface area contributed by atoms with Crippen molar-refractivity contribution in [2.75, 3.05) is 18.0 Å². The number of piperidine rings is 1. The van der Waals surface area contributed by atoms with E-state index in [1.54, 1.807) is 0 Å². The van der Waals surface area contributed by atoms with Crippen molar-refractivity contribution in [3.8, 4) is 0 Å². The number of carbonyl (C=O) groups is 1. The molecule has 0 aromatic carbocycles. The van der Waals surface area contributed by atoms with Crippen LogP contribution < -0.4 is 10.2 Å². The van der Waals surface area contributed by atoms with E-state index >= 15 is 0 Å². The van der Waals surface area contributed by atoms with E-state index in [9.17, 15) is 4.79 Å². The highest BCUT2D eigenvalue weighted by molar-refractivity contribution is 5.68. The van der Waals surface area contributed by atoms with E-state index in [1.807, 2.05) is 40.7 Å². The summed E-state index contributed by atoms with van der Waals surface area (Å²) >= 11 is 0. The summed E-state index contributed by atoms with van der Waals surface area (Å²) in [5.74, 6) is 0.744. The summed E-state index contributed by atoms with van der Waals surface area (Å²) in [6.45, 7) is 11.2. The highest BCUT2D eigenvalue weighted by atomic mass is 16.6. The molecule has 1 aromatic heterocycles. The second-order valence-electron chi connectivity index (χ2n) is 6.88. The molecule has 0 spiro atoms. The van der Waals surface area contributed by atoms with E-state index in [0.717, 1.165) is 36.7 Å². The molecule has 1 fully saturated rings. The van der Waals surface area contributed by atoms with Crippen LogP contribution in [-0.4, -0.2) is 40.8 Å². The molecule has 6 nitrogen and oxygen atoms in total. The summed E-state index contributed by atoms with van der Waals surface area (Å²) in [6.07, 6.45) is 1.58. The second kappa shape index (κ2) is 6.50. The zero-order valence-electron chi connectivity index (χ0n) is 14.1. The zero-order valence-corrected chi connectivity index (χ0v) is 14.1. The number of hydrogen-bond donors (Lipinski definition) is 1. The first kappa shape index (κ1) is 16.5. The van der Waals surface area contributed by atoms with Crippen LogP contribution in [0.2, 0.25) is 0 Å². The van der Waals surface area contributed by atoms with Crippen LogP contribution in [0.3, 0.4) is 0 Å². The molecule has 0 bridgehead atoms. The summed E-state index contributed by atoms with van der Waals surface area (Å²) in [4.78, 5) is 23.0. The standard InChI is InChI=1S/C16H26N4O2/c1-11-9-12(2)18-14(17-11)20-8-6-7-13(10-20)19-15(21)22-16(3,4)5/h9,13H,6-8,10H2,1-5H3,(H,19,21). The number of carbonyl (C=O) groups excluding carboxylic acids is 1. The minimum Gasteiger partial charge on any atom is -0.444 e. The van der Waals surface area contributed by atoms with Crippen molar-refractivity contribution in [2.45, 2.75) is 59.1 Å². The molecule has 122 valence electrons. The molecule has 22 heavy (non-hydrogen) atoms. The number of aryl methyl sites for hydroxylation is 2. The molecule has 1 saturated heterocycles. The Hall–Kier alpha value is -1.85. The third-order valence-electron chi connectivity index (χ3n) is 3.40. The number of alkyl carbamates (subject to hydrolysis) is 1. The van der Waals surface area contributed by atoms with Crippen molar-refractivity contribution in [3.05, 3.63) is 17.5 Å². The van der Waals surface area contributed by atoms with Gasteiger partial charge < -0.3 is 15.0 Å². The SMILES string of the molecule is Cc1cc(C)nc(N2CCCC(NC(=O)OC(C)(C)C)C2)n1. The summed E-state index contributed by atoms with van der Waals surface area (Å²) in [7, 11) is 0. The normalized spacial score (nSPS) is 19.0. The maximum absolute atomic E-state index is 11.9. The quantitative estimate of drug-likeness (QED) is 0.909. The Balaban J connectivity index is 1.98. The van der Waals surface area contributed by atoms with Gasteiger partial charge in [0.15, 0.2) is 0 Å². The van der Waals surface area contributed by atoms with Gasteiger partial charge in [-0.2, -0.15) is 0 Å². The zero-order chi connectivity index (χ0) is 16.3. The Morgan fingerprint density at radius 3 is 2.55 bits per heavy atom. The Labute approximate surface area is 132 Å². The van der Waals surface area contributed by atoms with Gasteiger partial charge in [-0.05, 0) is 53.5 Å². The molecule has 0 aliphatic carbocycles. The van der Waals surface area contributed by atoms with Crippen molar-refractivity contribution in [1.82, 2.24) is 15.3 Å². The molecule has 1 N–H and O–H groups in total. The van der Waals surface area contributed by atoms with Gasteiger partial charge >= 0.3 is 6.09 Å². The van der Waals surface area contributed by atoms with Crippen molar-refractivity contribution >= 4 is 12.0 Å². The number of rotatable bonds is 2. The fraction of sp³-hybridized carbons (Fsp3) is 0.688. The summed E-state index contributed by atoms with van der Waals surface area (Å²) in [5, 5.41) is 2.95. The number of anilines is 1. The van der Waals surface area contributed by atoms with Crippen molar-refractivity contribution in [3.63, 3.8) is 0 Å². The Kier molecular flexibility index (Phi) is 4.88. The molecule has 0 radical (unpaired) electrons. The van der Waals surface area contributed by atoms with Gasteiger partial charge in [0.05, 0.1) is 0 Å². The minimum absolute atomic E-state index is 0.0630. The van der Waals surface area contributed by atoms with Gasteiger partial charge in [-0.15, -0.1) is 0 Å². The van der Waals surface area contributed by atoms with Crippen LogP contribution in [0.15, 0.2) is 6.07 Å². The molecule has 1 atom stereocenters. The summed E-state index contributed by atoms with van der Waals surface area (Å²) in [6, 6.07) is 2.03. The second-order valence-corrected chi connectivity index (χ2v) is 6.88. The monoisotopic (exact) mass is 306 g/mol. The minimum atomic E-state index is -0.477. The lowest BCUT2D eigenvalue weighted by atomic mass is 10.1. The molecule has 0 saturated carbocycles. The average Bonchev–Trinajstić information content (AvgIpc) is 2.35. The fourth-order valence-corrected chi connectivity index (χ4v) is 2.60. The third-order valence-corrected chi connectivity index (χ3v) is 3.40. The smallest absolute Gasteiger partial charge is 0.407 e. The van der Waals surface area contributed by atoms with Crippen LogP contribution >= 0.6 is 0 Å². The highest BCUT2D eigenvalue weighted by Gasteiger charge is 2.25. The van der Waals surface area contributed by atoms with Gasteiger partial charge in [0, 0.05) is 30.5 Å². The van der Waals surface area contributed by atoms with Crippen LogP contribution in [0, 0.1) is 13.8 Å². The molecule has 1 aromatic rings. The van der Waals surface area contributed by atoms with Gasteiger partial charge in [-0.25, -0.2) is 14.8 Å². The lowest BCUT2D eigenvalue weighted by Crippen LogP contribution is -2.49. The molecule has 1 aliphatic rings. The Morgan fingerprint density at radius 2 is 1.95 bits per heavy atom. The maximum atomic E-state index is 11.9. The first-order chi connectivity index (χ1) is 10.2. The lowest BCUT2D eigenvalue weighted by Gasteiger charge is -2.33. The van der Waals surface area contributed by atoms with Gasteiger partial charge in [-0.3, -0.25) is 0 Å². The van der Waals surface area contributed by atoms with E-state index in [4.69, 9.17) is 4.74 Å². The number of amides is 1. The first-order valence-corrected chi connectivity index (χ1v) is 7.80. The van der Waals surface area contributed by atoms with E-state index < -0.39 is 5.60 Å². The van der Waals surface area contributed by atoms with Crippen molar-refractivity contribution < 1.29 is 9.53 Å². The molecule has 1 amide bonds. The topological polar surface area (TPSA) is 67.4 Å². The lowest BCUT2D eigenvalue weighted by molar-refractivity contribution is 0.0500. The van der Waals surface area contributed by atoms with Crippen molar-refractivity contribution in [1.29, 1.82) is 0 Å². The summed E-state index contributed by atoms with van der Waals surface area (Å²) in [5.41, 5.74) is 1.45. The van der Waals surface area contributed by atoms with E-state index in [2.05, 4.69) is 20.2 Å². The molecular weight excluding hydrogens is 280 g/mol. The van der Waals surface area contributed by atoms with Gasteiger partial charge in [-0.1, -0.05) is 0 Å². The fourth-order valence-electron chi connectivity index (χ4n) is 2.60. The maximum Gasteiger partial charge on any atom is 0.407 e. The highest BCUT2D eigenvalue weighted by Crippen LogP contribution is 2.17. The van der Waals surface area contributed by atoms with Gasteiger partial charge in [0.25, 0.3) is 0 Å². The number of nitrogens with zero attached hydrogens (tertiary/aromatic N) is 3. The molecule has 1 aliphatic heterocycles. The van der Waals surface area contributed by atoms with Gasteiger partial charge in [0.1, 0.15) is 5.60 Å². The molecule has 2 rings (SSSR count). The van der Waals surface area contributed by atoms with Crippen LogP contribution in [0.1, 0.15) is 45.0 Å². The predicted octanol–water partition coefficient (Wildman–Crippen LogP) is 2.59. The van der Waals surface area contributed by atoms with E-state index in [-0.39, 0.29) is 12.1 Å². The van der Waals surface area contributed by atoms with E-state index in [1.165, 1.54) is 0 Å². The first-order valence-electron chi connectivity index (χ1n) is 7.80. The molecule has 6 heteroatoms. The largest absolute Gasteiger partial charge is 0.444 e. The number of aromatic nitrogens is 2. The van der Waals surface area contributed by atoms with Crippen LogP contribution in [-0.2, 0) is 4.74 Å².